The van der Waals surface area contributed by atoms with Crippen LogP contribution in [0.15, 0.2) is 60.1 Å². The molecule has 0 saturated heterocycles. The molecule has 0 unspecified atom stereocenters. The summed E-state index contributed by atoms with van der Waals surface area (Å²) in [6.45, 7) is 1.17. The van der Waals surface area contributed by atoms with Gasteiger partial charge >= 0.3 is 0 Å². The van der Waals surface area contributed by atoms with Gasteiger partial charge in [-0.1, -0.05) is 25.3 Å². The van der Waals surface area contributed by atoms with Crippen molar-refractivity contribution in [1.82, 2.24) is 18.8 Å². The van der Waals surface area contributed by atoms with Crippen LogP contribution in [0.25, 0.3) is 0 Å². The van der Waals surface area contributed by atoms with Gasteiger partial charge in [0.2, 0.25) is 0 Å². The molecule has 3 aromatic rings. The summed E-state index contributed by atoms with van der Waals surface area (Å²) < 4.78 is 45.6. The number of sulfonamides is 1. The molecule has 0 bridgehead atoms. The summed E-state index contributed by atoms with van der Waals surface area (Å²) in [6.07, 6.45) is 10.2. The van der Waals surface area contributed by atoms with E-state index in [-0.39, 0.29) is 29.6 Å². The Kier molecular flexibility index (Phi) is 8.33. The zero-order valence-electron chi connectivity index (χ0n) is 20.4. The van der Waals surface area contributed by atoms with Gasteiger partial charge < -0.3 is 9.47 Å². The second-order valence-electron chi connectivity index (χ2n) is 9.23. The molecule has 1 saturated carbocycles. The summed E-state index contributed by atoms with van der Waals surface area (Å²) in [5.41, 5.74) is 1.39. The third-order valence-corrected chi connectivity index (χ3v) is 8.52. The molecule has 1 aliphatic rings. The number of aryl methyl sites for hydroxylation is 1. The Morgan fingerprint density at radius 2 is 1.97 bits per heavy atom. The molecule has 36 heavy (non-hydrogen) atoms. The maximum atomic E-state index is 15.1. The van der Waals surface area contributed by atoms with Crippen LogP contribution < -0.4 is 4.90 Å². The SMILES string of the molecule is Cn1cncc1CN(CCN(CC1CCCCC1)S(=O)(=O)c1ccccn1)c1ccc(C#N)cc1F. The molecule has 1 aromatic carbocycles. The van der Waals surface area contributed by atoms with Gasteiger partial charge in [0.1, 0.15) is 5.82 Å². The monoisotopic (exact) mass is 510 g/mol. The van der Waals surface area contributed by atoms with Crippen LogP contribution in [0.3, 0.4) is 0 Å². The first-order valence-corrected chi connectivity index (χ1v) is 13.6. The van der Waals surface area contributed by atoms with E-state index in [2.05, 4.69) is 9.97 Å². The average molecular weight is 511 g/mol. The highest BCUT2D eigenvalue weighted by Gasteiger charge is 2.29. The molecule has 2 heterocycles. The molecule has 0 amide bonds. The topological polar surface area (TPSA) is 95.1 Å². The number of halogens is 1. The van der Waals surface area contributed by atoms with E-state index in [1.165, 1.54) is 29.1 Å². The summed E-state index contributed by atoms with van der Waals surface area (Å²) in [6, 6.07) is 11.2. The minimum Gasteiger partial charge on any atom is -0.362 e. The zero-order chi connectivity index (χ0) is 25.5. The molecule has 1 aliphatic carbocycles. The van der Waals surface area contributed by atoms with Crippen LogP contribution in [0.5, 0.6) is 0 Å². The van der Waals surface area contributed by atoms with Crippen molar-refractivity contribution in [2.24, 2.45) is 13.0 Å². The minimum absolute atomic E-state index is 0.0172. The number of rotatable bonds is 10. The standard InChI is InChI=1S/C26H31FN6O2S/c1-31-20-29-17-23(31)19-32(25-11-10-22(16-28)15-24(25)27)13-14-33(18-21-7-3-2-4-8-21)36(34,35)26-9-5-6-12-30-26/h5-6,9-12,15,17,20-21H,2-4,7-8,13-14,18-19H2,1H3. The van der Waals surface area contributed by atoms with Crippen LogP contribution in [0.1, 0.15) is 43.4 Å². The van der Waals surface area contributed by atoms with Crippen molar-refractivity contribution >= 4 is 15.7 Å². The van der Waals surface area contributed by atoms with Gasteiger partial charge in [-0.15, -0.1) is 0 Å². The number of benzene rings is 1. The van der Waals surface area contributed by atoms with Crippen LogP contribution in [-0.2, 0) is 23.6 Å². The lowest BCUT2D eigenvalue weighted by Gasteiger charge is -2.32. The van der Waals surface area contributed by atoms with Gasteiger partial charge in [-0.3, -0.25) is 0 Å². The van der Waals surface area contributed by atoms with Crippen molar-refractivity contribution in [3.05, 3.63) is 72.2 Å². The highest BCUT2D eigenvalue weighted by Crippen LogP contribution is 2.27. The van der Waals surface area contributed by atoms with E-state index in [1.54, 1.807) is 41.7 Å². The van der Waals surface area contributed by atoms with Gasteiger partial charge in [0.25, 0.3) is 10.0 Å². The largest absolute Gasteiger partial charge is 0.362 e. The van der Waals surface area contributed by atoms with Crippen LogP contribution in [0.4, 0.5) is 10.1 Å². The molecule has 2 aromatic heterocycles. The molecule has 0 aliphatic heterocycles. The van der Waals surface area contributed by atoms with Crippen molar-refractivity contribution in [2.45, 2.75) is 43.7 Å². The molecular weight excluding hydrogens is 479 g/mol. The highest BCUT2D eigenvalue weighted by atomic mass is 32.2. The Labute approximate surface area is 212 Å². The van der Waals surface area contributed by atoms with Crippen LogP contribution >= 0.6 is 0 Å². The molecule has 190 valence electrons. The van der Waals surface area contributed by atoms with Gasteiger partial charge in [0, 0.05) is 39.1 Å². The summed E-state index contributed by atoms with van der Waals surface area (Å²) in [5, 5.41) is 9.16. The first kappa shape index (κ1) is 25.8. The smallest absolute Gasteiger partial charge is 0.260 e. The number of hydrogen-bond donors (Lipinski definition) is 0. The summed E-state index contributed by atoms with van der Waals surface area (Å²) >= 11 is 0. The number of aromatic nitrogens is 3. The second kappa shape index (κ2) is 11.6. The molecule has 0 spiro atoms. The summed E-state index contributed by atoms with van der Waals surface area (Å²) in [5.74, 6) is -0.239. The number of anilines is 1. The Balaban J connectivity index is 1.62. The Morgan fingerprint density at radius 1 is 1.17 bits per heavy atom. The first-order valence-electron chi connectivity index (χ1n) is 12.2. The van der Waals surface area contributed by atoms with Crippen molar-refractivity contribution < 1.29 is 12.8 Å². The third kappa shape index (κ3) is 6.09. The van der Waals surface area contributed by atoms with E-state index < -0.39 is 15.8 Å². The summed E-state index contributed by atoms with van der Waals surface area (Å²) in [7, 11) is -1.97. The summed E-state index contributed by atoms with van der Waals surface area (Å²) in [4.78, 5) is 10.1. The van der Waals surface area contributed by atoms with Crippen molar-refractivity contribution in [1.29, 1.82) is 5.26 Å². The zero-order valence-corrected chi connectivity index (χ0v) is 21.2. The Bertz CT molecular complexity index is 1300. The molecule has 4 rings (SSSR count). The molecular formula is C26H31FN6O2S. The highest BCUT2D eigenvalue weighted by molar-refractivity contribution is 7.89. The van der Waals surface area contributed by atoms with E-state index in [1.807, 2.05) is 17.7 Å². The lowest BCUT2D eigenvalue weighted by molar-refractivity contribution is 0.280. The predicted molar refractivity (Wildman–Crippen MR) is 135 cm³/mol. The maximum Gasteiger partial charge on any atom is 0.260 e. The van der Waals surface area contributed by atoms with Crippen molar-refractivity contribution in [3.63, 3.8) is 0 Å². The van der Waals surface area contributed by atoms with Gasteiger partial charge in [-0.05, 0) is 49.1 Å². The minimum atomic E-state index is -3.83. The average Bonchev–Trinajstić information content (AvgIpc) is 3.30. The van der Waals surface area contributed by atoms with Crippen LogP contribution in [-0.4, -0.2) is 46.9 Å². The van der Waals surface area contributed by atoms with Crippen LogP contribution in [0.2, 0.25) is 0 Å². The number of nitriles is 1. The Morgan fingerprint density at radius 3 is 2.61 bits per heavy atom. The van der Waals surface area contributed by atoms with E-state index in [0.29, 0.717) is 18.8 Å². The molecule has 8 nitrogen and oxygen atoms in total. The van der Waals surface area contributed by atoms with Crippen molar-refractivity contribution in [3.8, 4) is 6.07 Å². The maximum absolute atomic E-state index is 15.1. The number of hydrogen-bond acceptors (Lipinski definition) is 6. The fraction of sp³-hybridized carbons (Fsp3) is 0.423. The van der Waals surface area contributed by atoms with Gasteiger partial charge in [0.15, 0.2) is 5.03 Å². The van der Waals surface area contributed by atoms with E-state index in [4.69, 9.17) is 5.26 Å². The fourth-order valence-electron chi connectivity index (χ4n) is 4.68. The van der Waals surface area contributed by atoms with Gasteiger partial charge in [-0.2, -0.15) is 9.57 Å². The molecule has 0 N–H and O–H groups in total. The van der Waals surface area contributed by atoms with Crippen LogP contribution in [0, 0.1) is 23.1 Å². The Hall–Kier alpha value is -3.29. The van der Waals surface area contributed by atoms with E-state index in [9.17, 15) is 8.42 Å². The lowest BCUT2D eigenvalue weighted by atomic mass is 9.89. The normalized spacial score (nSPS) is 14.6. The number of pyridine rings is 1. The second-order valence-corrected chi connectivity index (χ2v) is 11.1. The number of imidazole rings is 1. The van der Waals surface area contributed by atoms with Gasteiger partial charge in [-0.25, -0.2) is 22.8 Å². The molecule has 0 atom stereocenters. The van der Waals surface area contributed by atoms with Gasteiger partial charge in [0.05, 0.1) is 35.9 Å². The fourth-order valence-corrected chi connectivity index (χ4v) is 6.12. The number of nitrogens with zero attached hydrogens (tertiary/aromatic N) is 6. The molecule has 0 radical (unpaired) electrons. The lowest BCUT2D eigenvalue weighted by Crippen LogP contribution is -2.42. The quantitative estimate of drug-likeness (QED) is 0.408. The first-order chi connectivity index (χ1) is 17.4. The van der Waals surface area contributed by atoms with E-state index >= 15 is 4.39 Å². The van der Waals surface area contributed by atoms with Crippen molar-refractivity contribution in [2.75, 3.05) is 24.5 Å². The van der Waals surface area contributed by atoms with E-state index in [0.717, 1.165) is 31.4 Å². The third-order valence-electron chi connectivity index (χ3n) is 6.73. The molecule has 10 heteroatoms. The molecule has 1 fully saturated rings. The predicted octanol–water partition coefficient (Wildman–Crippen LogP) is 4.10.